The Labute approximate surface area is 144 Å². The van der Waals surface area contributed by atoms with Crippen LogP contribution in [-0.2, 0) is 0 Å². The first-order valence-corrected chi connectivity index (χ1v) is 8.69. The van der Waals surface area contributed by atoms with Crippen molar-refractivity contribution in [2.24, 2.45) is 5.92 Å². The van der Waals surface area contributed by atoms with E-state index in [1.54, 1.807) is 0 Å². The minimum atomic E-state index is -5.12. The molecule has 25 heavy (non-hydrogen) atoms. The van der Waals surface area contributed by atoms with Crippen molar-refractivity contribution in [2.45, 2.75) is 64.1 Å². The van der Waals surface area contributed by atoms with Gasteiger partial charge < -0.3 is 4.74 Å². The van der Waals surface area contributed by atoms with E-state index >= 15 is 0 Å². The van der Waals surface area contributed by atoms with Crippen LogP contribution in [0.4, 0.5) is 22.0 Å². The first-order chi connectivity index (χ1) is 11.8. The third kappa shape index (κ3) is 6.01. The van der Waals surface area contributed by atoms with Crippen molar-refractivity contribution in [1.29, 1.82) is 0 Å². The van der Waals surface area contributed by atoms with E-state index in [0.29, 0.717) is 11.5 Å². The Morgan fingerprint density at radius 1 is 1.04 bits per heavy atom. The minimum absolute atomic E-state index is 0.0280. The molecule has 0 unspecified atom stereocenters. The van der Waals surface area contributed by atoms with Gasteiger partial charge in [-0.15, -0.1) is 13.2 Å². The lowest BCUT2D eigenvalue weighted by Crippen LogP contribution is -2.19. The highest BCUT2D eigenvalue weighted by Crippen LogP contribution is 2.39. The number of benzene rings is 1. The number of hydrogen-bond donors (Lipinski definition) is 0. The number of hydrogen-bond acceptors (Lipinski definition) is 1. The van der Waals surface area contributed by atoms with Gasteiger partial charge in [-0.2, -0.15) is 0 Å². The topological polar surface area (TPSA) is 9.23 Å². The maximum atomic E-state index is 13.8. The van der Waals surface area contributed by atoms with E-state index in [1.807, 2.05) is 0 Å². The Kier molecular flexibility index (Phi) is 6.85. The number of unbranched alkanes of at least 4 members (excludes halogenated alkanes) is 1. The molecule has 0 bridgehead atoms. The fraction of sp³-hybridized carbons (Fsp3) is 0.579. The van der Waals surface area contributed by atoms with Crippen LogP contribution in [0.1, 0.15) is 63.4 Å². The zero-order valence-corrected chi connectivity index (χ0v) is 14.2. The highest BCUT2D eigenvalue weighted by atomic mass is 19.4. The Bertz CT molecular complexity index is 563. The molecule has 1 aromatic carbocycles. The number of allylic oxidation sites excluding steroid dienone is 2. The van der Waals surface area contributed by atoms with E-state index in [4.69, 9.17) is 0 Å². The highest BCUT2D eigenvalue weighted by molar-refractivity contribution is 5.33. The monoisotopic (exact) mass is 362 g/mol. The molecule has 1 fully saturated rings. The van der Waals surface area contributed by atoms with Crippen molar-refractivity contribution in [3.05, 3.63) is 41.5 Å². The summed E-state index contributed by atoms with van der Waals surface area (Å²) >= 11 is 0. The summed E-state index contributed by atoms with van der Waals surface area (Å²) in [7, 11) is 0. The molecule has 0 heterocycles. The van der Waals surface area contributed by atoms with Crippen molar-refractivity contribution in [3.63, 3.8) is 0 Å². The number of ether oxygens (including phenoxy) is 1. The van der Waals surface area contributed by atoms with Gasteiger partial charge in [0.15, 0.2) is 11.6 Å². The van der Waals surface area contributed by atoms with Crippen LogP contribution >= 0.6 is 0 Å². The van der Waals surface area contributed by atoms with E-state index in [9.17, 15) is 22.0 Å². The molecule has 1 aliphatic rings. The van der Waals surface area contributed by atoms with Gasteiger partial charge in [0.05, 0.1) is 0 Å². The normalized spacial score (nSPS) is 21.7. The molecule has 6 heteroatoms. The molecule has 0 N–H and O–H groups in total. The molecule has 0 aliphatic heterocycles. The molecule has 0 radical (unpaired) electrons. The second-order valence-electron chi connectivity index (χ2n) is 6.57. The summed E-state index contributed by atoms with van der Waals surface area (Å²) in [5, 5.41) is 0. The van der Waals surface area contributed by atoms with Gasteiger partial charge in [0.1, 0.15) is 0 Å². The Hall–Kier alpha value is -1.59. The summed E-state index contributed by atoms with van der Waals surface area (Å²) in [4.78, 5) is 0. The van der Waals surface area contributed by atoms with Gasteiger partial charge in [0.2, 0.25) is 5.75 Å². The molecule has 0 atom stereocenters. The predicted molar refractivity (Wildman–Crippen MR) is 86.4 cm³/mol. The van der Waals surface area contributed by atoms with Crippen LogP contribution in [0.3, 0.4) is 0 Å². The Morgan fingerprint density at radius 2 is 1.64 bits per heavy atom. The van der Waals surface area contributed by atoms with Gasteiger partial charge in [-0.25, -0.2) is 8.78 Å². The van der Waals surface area contributed by atoms with Crippen molar-refractivity contribution in [3.8, 4) is 5.75 Å². The molecule has 1 aromatic rings. The van der Waals surface area contributed by atoms with Crippen molar-refractivity contribution in [1.82, 2.24) is 0 Å². The van der Waals surface area contributed by atoms with Gasteiger partial charge in [-0.3, -0.25) is 0 Å². The number of halogens is 5. The zero-order valence-electron chi connectivity index (χ0n) is 14.2. The second kappa shape index (κ2) is 8.68. The molecule has 0 spiro atoms. The Morgan fingerprint density at radius 3 is 2.16 bits per heavy atom. The van der Waals surface area contributed by atoms with Gasteiger partial charge in [-0.1, -0.05) is 25.5 Å². The molecule has 1 nitrogen and oxygen atoms in total. The van der Waals surface area contributed by atoms with Crippen LogP contribution in [0.2, 0.25) is 0 Å². The summed E-state index contributed by atoms with van der Waals surface area (Å²) in [5.74, 6) is -3.47. The fourth-order valence-electron chi connectivity index (χ4n) is 3.33. The summed E-state index contributed by atoms with van der Waals surface area (Å²) in [6.07, 6.45) is 5.91. The first kappa shape index (κ1) is 19.7. The lowest BCUT2D eigenvalue weighted by molar-refractivity contribution is -0.276. The van der Waals surface area contributed by atoms with Crippen molar-refractivity contribution < 1.29 is 26.7 Å². The summed E-state index contributed by atoms with van der Waals surface area (Å²) in [6, 6.07) is 1.94. The SMILES string of the molecule is CCC/C=C/CC1CCC(c2cc(F)c(OC(F)(F)F)c(F)c2)CC1. The third-order valence-corrected chi connectivity index (χ3v) is 4.65. The summed E-state index contributed by atoms with van der Waals surface area (Å²) in [5.41, 5.74) is 0.407. The molecule has 0 amide bonds. The number of rotatable bonds is 6. The van der Waals surface area contributed by atoms with Crippen LogP contribution < -0.4 is 4.74 Å². The lowest BCUT2D eigenvalue weighted by atomic mass is 9.77. The molecule has 140 valence electrons. The van der Waals surface area contributed by atoms with E-state index in [1.165, 1.54) is 0 Å². The Balaban J connectivity index is 1.97. The average Bonchev–Trinajstić information content (AvgIpc) is 2.54. The van der Waals surface area contributed by atoms with Crippen LogP contribution in [0.25, 0.3) is 0 Å². The second-order valence-corrected chi connectivity index (χ2v) is 6.57. The molecule has 2 rings (SSSR count). The smallest absolute Gasteiger partial charge is 0.399 e. The van der Waals surface area contributed by atoms with Gasteiger partial charge >= 0.3 is 6.36 Å². The lowest BCUT2D eigenvalue weighted by Gasteiger charge is -2.28. The standard InChI is InChI=1S/C19H23F5O/c1-2-3-4-5-6-13-7-9-14(10-8-13)15-11-16(20)18(17(21)12-15)25-19(22,23)24/h4-5,11-14H,2-3,6-10H2,1H3/b5-4+. The fourth-order valence-corrected chi connectivity index (χ4v) is 3.33. The number of alkyl halides is 3. The van der Waals surface area contributed by atoms with Crippen LogP contribution in [0.5, 0.6) is 5.75 Å². The minimum Gasteiger partial charge on any atom is -0.399 e. The van der Waals surface area contributed by atoms with Crippen LogP contribution in [0, 0.1) is 17.6 Å². The first-order valence-electron chi connectivity index (χ1n) is 8.69. The average molecular weight is 362 g/mol. The van der Waals surface area contributed by atoms with E-state index in [2.05, 4.69) is 23.8 Å². The van der Waals surface area contributed by atoms with Crippen molar-refractivity contribution in [2.75, 3.05) is 0 Å². The van der Waals surface area contributed by atoms with Crippen molar-refractivity contribution >= 4 is 0 Å². The largest absolute Gasteiger partial charge is 0.573 e. The van der Waals surface area contributed by atoms with Gasteiger partial charge in [0.25, 0.3) is 0 Å². The molecule has 0 saturated heterocycles. The third-order valence-electron chi connectivity index (χ3n) is 4.65. The molecular weight excluding hydrogens is 339 g/mol. The van der Waals surface area contributed by atoms with Crippen LogP contribution in [-0.4, -0.2) is 6.36 Å². The zero-order chi connectivity index (χ0) is 18.4. The quantitative estimate of drug-likeness (QED) is 0.396. The van der Waals surface area contributed by atoms with Gasteiger partial charge in [-0.05, 0) is 68.1 Å². The highest BCUT2D eigenvalue weighted by Gasteiger charge is 2.34. The molecular formula is C19H23F5O. The molecule has 1 saturated carbocycles. The molecule has 0 aromatic heterocycles. The summed E-state index contributed by atoms with van der Waals surface area (Å²) < 4.78 is 67.7. The van der Waals surface area contributed by atoms with E-state index in [0.717, 1.165) is 57.1 Å². The van der Waals surface area contributed by atoms with Gasteiger partial charge in [0, 0.05) is 0 Å². The van der Waals surface area contributed by atoms with E-state index in [-0.39, 0.29) is 5.92 Å². The van der Waals surface area contributed by atoms with Crippen LogP contribution in [0.15, 0.2) is 24.3 Å². The van der Waals surface area contributed by atoms with E-state index < -0.39 is 23.7 Å². The summed E-state index contributed by atoms with van der Waals surface area (Å²) in [6.45, 7) is 2.12. The maximum Gasteiger partial charge on any atom is 0.573 e. The maximum absolute atomic E-state index is 13.8. The predicted octanol–water partition coefficient (Wildman–Crippen LogP) is 6.88. The molecule has 1 aliphatic carbocycles.